The number of halogens is 2. The molecule has 0 spiro atoms. The summed E-state index contributed by atoms with van der Waals surface area (Å²) in [6.45, 7) is 6.00. The van der Waals surface area contributed by atoms with Gasteiger partial charge >= 0.3 is 5.97 Å². The van der Waals surface area contributed by atoms with Crippen molar-refractivity contribution >= 4 is 28.2 Å². The fraction of sp³-hybridized carbons (Fsp3) is 0.385. The Morgan fingerprint density at radius 1 is 0.806 bits per heavy atom. The van der Waals surface area contributed by atoms with Gasteiger partial charge in [0.15, 0.2) is 0 Å². The molecular weight excluding hydrogens is 468 g/mol. The second kappa shape index (κ2) is 9.51. The topological polar surface area (TPSA) is 72.3 Å². The molecule has 2 saturated heterocycles. The summed E-state index contributed by atoms with van der Waals surface area (Å²) < 4.78 is 32.1. The number of benzene rings is 2. The van der Waals surface area contributed by atoms with Gasteiger partial charge in [-0.05, 0) is 44.4 Å². The first-order valence-electron chi connectivity index (χ1n) is 12.0. The van der Waals surface area contributed by atoms with Gasteiger partial charge in [0.2, 0.25) is 5.43 Å². The molecule has 0 amide bonds. The molecule has 0 radical (unpaired) electrons. The first-order chi connectivity index (χ1) is 17.2. The number of hydrogen-bond donors (Lipinski definition) is 1. The van der Waals surface area contributed by atoms with E-state index in [1.807, 2.05) is 19.0 Å². The first-order valence-corrected chi connectivity index (χ1v) is 12.0. The fourth-order valence-corrected chi connectivity index (χ4v) is 4.93. The van der Waals surface area contributed by atoms with Gasteiger partial charge in [-0.1, -0.05) is 0 Å². The van der Waals surface area contributed by atoms with E-state index in [-0.39, 0.29) is 16.6 Å². The smallest absolute Gasteiger partial charge is 0.341 e. The van der Waals surface area contributed by atoms with Gasteiger partial charge in [-0.25, -0.2) is 13.6 Å². The van der Waals surface area contributed by atoms with Gasteiger partial charge in [-0.15, -0.1) is 0 Å². The molecule has 36 heavy (non-hydrogen) atoms. The Labute approximate surface area is 207 Å². The molecule has 2 fully saturated rings. The third-order valence-corrected chi connectivity index (χ3v) is 7.21. The van der Waals surface area contributed by atoms with Crippen LogP contribution >= 0.6 is 0 Å². The van der Waals surface area contributed by atoms with Crippen LogP contribution in [0.25, 0.3) is 16.6 Å². The number of nitrogens with zero attached hydrogens (tertiary/aromatic N) is 5. The lowest BCUT2D eigenvalue weighted by Gasteiger charge is -2.34. The van der Waals surface area contributed by atoms with Crippen LogP contribution < -0.4 is 15.2 Å². The van der Waals surface area contributed by atoms with E-state index in [4.69, 9.17) is 0 Å². The number of fused-ring (bicyclic) bond motifs is 1. The highest BCUT2D eigenvalue weighted by Crippen LogP contribution is 2.30. The second-order valence-corrected chi connectivity index (χ2v) is 9.58. The van der Waals surface area contributed by atoms with Crippen molar-refractivity contribution in [2.45, 2.75) is 0 Å². The van der Waals surface area contributed by atoms with Gasteiger partial charge < -0.3 is 29.3 Å². The van der Waals surface area contributed by atoms with Crippen LogP contribution in [0.2, 0.25) is 0 Å². The minimum Gasteiger partial charge on any atom is -0.477 e. The van der Waals surface area contributed by atoms with Crippen molar-refractivity contribution < 1.29 is 18.7 Å². The van der Waals surface area contributed by atoms with Gasteiger partial charge in [0.1, 0.15) is 17.2 Å². The summed E-state index contributed by atoms with van der Waals surface area (Å²) in [5.74, 6) is -2.61. The number of likely N-dealkylation sites (N-methyl/N-ethyl adjacent to an activating group) is 2. The summed E-state index contributed by atoms with van der Waals surface area (Å²) >= 11 is 0. The average molecular weight is 498 g/mol. The standard InChI is InChI=1S/C26H29F2N5O3/c1-29-5-9-31(10-6-29)17-3-4-22(20(27)13-17)33-16-19(26(35)36)25(34)18-14-21(28)24(15-23(18)33)32-11-7-30(2)8-12-32/h3-4,13-16H,5-12H2,1-2H3,(H,35,36). The van der Waals surface area contributed by atoms with Crippen LogP contribution in [0.1, 0.15) is 10.4 Å². The third-order valence-electron chi connectivity index (χ3n) is 7.21. The van der Waals surface area contributed by atoms with Crippen molar-refractivity contribution in [2.24, 2.45) is 0 Å². The van der Waals surface area contributed by atoms with Crippen molar-refractivity contribution in [3.8, 4) is 5.69 Å². The number of carbonyl (C=O) groups is 1. The van der Waals surface area contributed by atoms with Gasteiger partial charge in [0.05, 0.1) is 16.9 Å². The van der Waals surface area contributed by atoms with E-state index in [1.54, 1.807) is 12.1 Å². The zero-order valence-corrected chi connectivity index (χ0v) is 20.4. The SMILES string of the molecule is CN1CCN(c2ccc(-n3cc(C(=O)O)c(=O)c4cc(F)c(N5CCN(C)CC5)cc43)c(F)c2)CC1. The number of aromatic nitrogens is 1. The van der Waals surface area contributed by atoms with Crippen molar-refractivity contribution in [3.05, 3.63) is 63.9 Å². The minimum atomic E-state index is -1.45. The lowest BCUT2D eigenvalue weighted by atomic mass is 10.1. The maximum atomic E-state index is 15.5. The highest BCUT2D eigenvalue weighted by Gasteiger charge is 2.23. The van der Waals surface area contributed by atoms with Crippen LogP contribution in [0.5, 0.6) is 0 Å². The predicted octanol–water partition coefficient (Wildman–Crippen LogP) is 2.47. The number of anilines is 2. The van der Waals surface area contributed by atoms with Crippen LogP contribution in [-0.2, 0) is 0 Å². The van der Waals surface area contributed by atoms with Crippen LogP contribution in [0.4, 0.5) is 20.2 Å². The van der Waals surface area contributed by atoms with Crippen LogP contribution in [0, 0.1) is 11.6 Å². The van der Waals surface area contributed by atoms with Crippen LogP contribution in [0.3, 0.4) is 0 Å². The summed E-state index contributed by atoms with van der Waals surface area (Å²) in [4.78, 5) is 33.1. The molecule has 0 unspecified atom stereocenters. The molecule has 3 aromatic rings. The quantitative estimate of drug-likeness (QED) is 0.594. The molecule has 0 aliphatic carbocycles. The van der Waals surface area contributed by atoms with Crippen molar-refractivity contribution in [1.29, 1.82) is 0 Å². The maximum absolute atomic E-state index is 15.5. The largest absolute Gasteiger partial charge is 0.477 e. The maximum Gasteiger partial charge on any atom is 0.341 e. The van der Waals surface area contributed by atoms with E-state index in [9.17, 15) is 14.7 Å². The van der Waals surface area contributed by atoms with E-state index in [2.05, 4.69) is 14.7 Å². The zero-order chi connectivity index (χ0) is 25.6. The van der Waals surface area contributed by atoms with Crippen molar-refractivity contribution in [2.75, 3.05) is 76.3 Å². The van der Waals surface area contributed by atoms with Crippen LogP contribution in [0.15, 0.2) is 41.3 Å². The highest BCUT2D eigenvalue weighted by atomic mass is 19.1. The Morgan fingerprint density at radius 2 is 1.39 bits per heavy atom. The second-order valence-electron chi connectivity index (χ2n) is 9.58. The molecule has 1 N–H and O–H groups in total. The molecule has 8 nitrogen and oxygen atoms in total. The van der Waals surface area contributed by atoms with E-state index in [0.29, 0.717) is 18.8 Å². The minimum absolute atomic E-state index is 0.0938. The fourth-order valence-electron chi connectivity index (χ4n) is 4.93. The molecule has 3 heterocycles. The van der Waals surface area contributed by atoms with E-state index in [0.717, 1.165) is 57.2 Å². The Kier molecular flexibility index (Phi) is 6.40. The van der Waals surface area contributed by atoms with Crippen molar-refractivity contribution in [3.63, 3.8) is 0 Å². The molecular formula is C26H29F2N5O3. The van der Waals surface area contributed by atoms with Gasteiger partial charge in [0.25, 0.3) is 0 Å². The molecule has 5 rings (SSSR count). The van der Waals surface area contributed by atoms with E-state index < -0.39 is 28.6 Å². The normalized spacial score (nSPS) is 17.7. The number of hydrogen-bond acceptors (Lipinski definition) is 6. The number of pyridine rings is 1. The zero-order valence-electron chi connectivity index (χ0n) is 20.4. The van der Waals surface area contributed by atoms with E-state index in [1.165, 1.54) is 16.7 Å². The predicted molar refractivity (Wildman–Crippen MR) is 136 cm³/mol. The third kappa shape index (κ3) is 4.42. The molecule has 10 heteroatoms. The number of rotatable bonds is 4. The first kappa shape index (κ1) is 24.2. The highest BCUT2D eigenvalue weighted by molar-refractivity contribution is 5.94. The Balaban J connectivity index is 1.64. The summed E-state index contributed by atoms with van der Waals surface area (Å²) in [5, 5.41) is 9.53. The number of carboxylic acids is 1. The Morgan fingerprint density at radius 3 is 1.97 bits per heavy atom. The molecule has 1 aromatic heterocycles. The Hall–Kier alpha value is -3.50. The summed E-state index contributed by atoms with van der Waals surface area (Å²) in [6.07, 6.45) is 1.13. The number of aromatic carboxylic acids is 1. The number of piperazine rings is 2. The summed E-state index contributed by atoms with van der Waals surface area (Å²) in [6, 6.07) is 7.40. The lowest BCUT2D eigenvalue weighted by Crippen LogP contribution is -2.44. The van der Waals surface area contributed by atoms with Gasteiger partial charge in [-0.3, -0.25) is 4.79 Å². The average Bonchev–Trinajstić information content (AvgIpc) is 2.85. The van der Waals surface area contributed by atoms with Gasteiger partial charge in [-0.2, -0.15) is 0 Å². The van der Waals surface area contributed by atoms with Crippen molar-refractivity contribution in [1.82, 2.24) is 14.4 Å². The molecule has 2 aromatic carbocycles. The van der Waals surface area contributed by atoms with Gasteiger partial charge in [0, 0.05) is 69.6 Å². The summed E-state index contributed by atoms with van der Waals surface area (Å²) in [5.41, 5.74) is 0.0466. The molecule has 0 bridgehead atoms. The molecule has 2 aliphatic rings. The molecule has 0 atom stereocenters. The lowest BCUT2D eigenvalue weighted by molar-refractivity contribution is 0.0695. The molecule has 2 aliphatic heterocycles. The summed E-state index contributed by atoms with van der Waals surface area (Å²) in [7, 11) is 4.04. The Bertz CT molecular complexity index is 1380. The van der Waals surface area contributed by atoms with E-state index >= 15 is 8.78 Å². The number of carboxylic acid groups (broad SMARTS) is 1. The monoisotopic (exact) mass is 497 g/mol. The molecule has 0 saturated carbocycles. The van der Waals surface area contributed by atoms with Crippen LogP contribution in [-0.4, -0.2) is 91.9 Å². The molecule has 190 valence electrons.